The molecule has 0 aliphatic heterocycles. The van der Waals surface area contributed by atoms with Crippen LogP contribution in [0.1, 0.15) is 117 Å². The van der Waals surface area contributed by atoms with Gasteiger partial charge in [-0.05, 0) is 66.8 Å². The summed E-state index contributed by atoms with van der Waals surface area (Å²) < 4.78 is 15.9. The average Bonchev–Trinajstić information content (AvgIpc) is 3.06. The highest BCUT2D eigenvalue weighted by Gasteiger charge is 2.21. The van der Waals surface area contributed by atoms with Crippen LogP contribution in [0.15, 0.2) is 72.8 Å². The normalized spacial score (nSPS) is 12.2. The van der Waals surface area contributed by atoms with Crippen LogP contribution in [0.25, 0.3) is 11.1 Å². The molecule has 3 rings (SSSR count). The van der Waals surface area contributed by atoms with Crippen molar-refractivity contribution in [2.24, 2.45) is 5.92 Å². The van der Waals surface area contributed by atoms with Gasteiger partial charge in [0.25, 0.3) is 0 Å². The van der Waals surface area contributed by atoms with Crippen molar-refractivity contribution in [2.45, 2.75) is 91.6 Å². The zero-order valence-corrected chi connectivity index (χ0v) is 27.0. The third kappa shape index (κ3) is 11.6. The number of hydrogen-bond donors (Lipinski definition) is 0. The Labute approximate surface area is 267 Å². The summed E-state index contributed by atoms with van der Waals surface area (Å²) in [6, 6.07) is 20.5. The van der Waals surface area contributed by atoms with Crippen LogP contribution in [-0.4, -0.2) is 36.4 Å². The first-order valence-electron chi connectivity index (χ1n) is 16.1. The highest BCUT2D eigenvalue weighted by atomic mass is 16.6. The predicted octanol–water partition coefficient (Wildman–Crippen LogP) is 9.03. The lowest BCUT2D eigenvalue weighted by molar-refractivity contribution is -0.154. The van der Waals surface area contributed by atoms with E-state index in [0.717, 1.165) is 36.0 Å². The topological polar surface area (TPSA) is 96.0 Å². The molecule has 7 heteroatoms. The number of benzene rings is 3. The Morgan fingerprint density at radius 3 is 1.71 bits per heavy atom. The fraction of sp³-hybridized carbons (Fsp3) is 0.421. The number of hydrogen-bond acceptors (Lipinski definition) is 7. The molecule has 3 aromatic carbocycles. The van der Waals surface area contributed by atoms with Crippen molar-refractivity contribution in [3.63, 3.8) is 0 Å². The first kappa shape index (κ1) is 35.2. The summed E-state index contributed by atoms with van der Waals surface area (Å²) in [4.78, 5) is 49.8. The fourth-order valence-corrected chi connectivity index (χ4v) is 4.60. The number of Topliss-reactive ketones (excluding diaryl/α,β-unsaturated/α-hetero) is 1. The molecule has 0 heterocycles. The molecule has 0 bridgehead atoms. The smallest absolute Gasteiger partial charge is 0.347 e. The molecule has 0 aliphatic carbocycles. The molecule has 45 heavy (non-hydrogen) atoms. The van der Waals surface area contributed by atoms with Crippen LogP contribution in [0.4, 0.5) is 0 Å². The second-order valence-electron chi connectivity index (χ2n) is 11.6. The Balaban J connectivity index is 1.47. The first-order valence-corrected chi connectivity index (χ1v) is 16.1. The third-order valence-electron chi connectivity index (χ3n) is 7.79. The molecule has 0 fully saturated rings. The van der Waals surface area contributed by atoms with Gasteiger partial charge in [-0.25, -0.2) is 14.4 Å². The minimum atomic E-state index is -1.04. The van der Waals surface area contributed by atoms with Crippen molar-refractivity contribution < 1.29 is 33.4 Å². The minimum Gasteiger partial charge on any atom is -0.463 e. The Kier molecular flexibility index (Phi) is 14.5. The van der Waals surface area contributed by atoms with Gasteiger partial charge in [-0.2, -0.15) is 0 Å². The number of ketones is 1. The van der Waals surface area contributed by atoms with Gasteiger partial charge in [0.05, 0.1) is 17.7 Å². The van der Waals surface area contributed by atoms with Crippen molar-refractivity contribution in [2.75, 3.05) is 6.61 Å². The van der Waals surface area contributed by atoms with E-state index in [1.165, 1.54) is 63.3 Å². The summed E-state index contributed by atoms with van der Waals surface area (Å²) in [5.74, 6) is -1.16. The molecule has 0 spiro atoms. The maximum atomic E-state index is 12.7. The van der Waals surface area contributed by atoms with E-state index in [1.807, 2.05) is 50.2 Å². The molecule has 0 radical (unpaired) electrons. The lowest BCUT2D eigenvalue weighted by atomic mass is 9.99. The summed E-state index contributed by atoms with van der Waals surface area (Å²) in [5.41, 5.74) is 3.17. The maximum Gasteiger partial charge on any atom is 0.347 e. The number of carbonyl (C=O) groups excluding carboxylic acids is 4. The van der Waals surface area contributed by atoms with Gasteiger partial charge in [-0.3, -0.25) is 4.79 Å². The minimum absolute atomic E-state index is 0.171. The molecule has 0 saturated heterocycles. The molecule has 2 unspecified atom stereocenters. The molecule has 2 atom stereocenters. The van der Waals surface area contributed by atoms with Crippen molar-refractivity contribution in [1.29, 1.82) is 0 Å². The highest BCUT2D eigenvalue weighted by Crippen LogP contribution is 2.23. The van der Waals surface area contributed by atoms with Gasteiger partial charge in [-0.1, -0.05) is 102 Å². The highest BCUT2D eigenvalue weighted by molar-refractivity contribution is 5.96. The monoisotopic (exact) mass is 614 g/mol. The largest absolute Gasteiger partial charge is 0.463 e. The van der Waals surface area contributed by atoms with Gasteiger partial charge >= 0.3 is 17.9 Å². The Bertz CT molecular complexity index is 1380. The summed E-state index contributed by atoms with van der Waals surface area (Å²) >= 11 is 0. The van der Waals surface area contributed by atoms with Crippen molar-refractivity contribution in [1.82, 2.24) is 0 Å². The van der Waals surface area contributed by atoms with Gasteiger partial charge in [-0.15, -0.1) is 0 Å². The molecule has 0 saturated carbocycles. The van der Waals surface area contributed by atoms with Gasteiger partial charge < -0.3 is 14.2 Å². The Morgan fingerprint density at radius 2 is 1.13 bits per heavy atom. The van der Waals surface area contributed by atoms with Gasteiger partial charge in [0.15, 0.2) is 11.9 Å². The van der Waals surface area contributed by atoms with E-state index >= 15 is 0 Å². The third-order valence-corrected chi connectivity index (χ3v) is 7.79. The second kappa shape index (κ2) is 18.5. The van der Waals surface area contributed by atoms with Crippen LogP contribution in [0.2, 0.25) is 0 Å². The molecular weight excluding hydrogens is 568 g/mol. The molecule has 0 amide bonds. The lowest BCUT2D eigenvalue weighted by Gasteiger charge is -2.15. The molecule has 0 N–H and O–H groups in total. The molecule has 7 nitrogen and oxygen atoms in total. The zero-order valence-electron chi connectivity index (χ0n) is 27.0. The van der Waals surface area contributed by atoms with Crippen LogP contribution in [0, 0.1) is 5.92 Å². The SMILES string of the molecule is CCCCCCCCCC(=O)c1ccc(-c2ccc(C(=O)Oc3ccc(C(=O)OC(C)C(=O)OCC(C)CC)cc3)cc2)cc1. The summed E-state index contributed by atoms with van der Waals surface area (Å²) in [5, 5.41) is 0. The Hall–Kier alpha value is -4.26. The quantitative estimate of drug-likeness (QED) is 0.0610. The van der Waals surface area contributed by atoms with E-state index in [1.54, 1.807) is 12.1 Å². The maximum absolute atomic E-state index is 12.7. The van der Waals surface area contributed by atoms with Crippen LogP contribution in [0.3, 0.4) is 0 Å². The molecule has 0 aromatic heterocycles. The number of esters is 3. The first-order chi connectivity index (χ1) is 21.7. The van der Waals surface area contributed by atoms with E-state index in [0.29, 0.717) is 12.0 Å². The van der Waals surface area contributed by atoms with E-state index in [4.69, 9.17) is 14.2 Å². The molecule has 240 valence electrons. The van der Waals surface area contributed by atoms with Gasteiger partial charge in [0, 0.05) is 12.0 Å². The van der Waals surface area contributed by atoms with E-state index in [9.17, 15) is 19.2 Å². The van der Waals surface area contributed by atoms with Crippen LogP contribution < -0.4 is 4.74 Å². The van der Waals surface area contributed by atoms with E-state index < -0.39 is 24.0 Å². The lowest BCUT2D eigenvalue weighted by Crippen LogP contribution is -2.27. The van der Waals surface area contributed by atoms with E-state index in [2.05, 4.69) is 6.92 Å². The van der Waals surface area contributed by atoms with Crippen molar-refractivity contribution >= 4 is 23.7 Å². The number of carbonyl (C=O) groups is 4. The molecular formula is C38H46O7. The van der Waals surface area contributed by atoms with Gasteiger partial charge in [0.2, 0.25) is 0 Å². The number of ether oxygens (including phenoxy) is 3. The van der Waals surface area contributed by atoms with E-state index in [-0.39, 0.29) is 29.6 Å². The van der Waals surface area contributed by atoms with Crippen molar-refractivity contribution in [3.05, 3.63) is 89.5 Å². The predicted molar refractivity (Wildman–Crippen MR) is 176 cm³/mol. The average molecular weight is 615 g/mol. The van der Waals surface area contributed by atoms with Crippen LogP contribution in [0.5, 0.6) is 5.75 Å². The van der Waals surface area contributed by atoms with Crippen LogP contribution in [-0.2, 0) is 14.3 Å². The standard InChI is InChI=1S/C38H46O7/c1-5-7-8-9-10-11-12-13-35(39)31-18-14-29(15-19-31)30-16-20-32(21-17-30)38(42)45-34-24-22-33(23-25-34)37(41)44-28(4)36(40)43-26-27(3)6-2/h14-25,27-28H,5-13,26H2,1-4H3. The molecule has 0 aliphatic rings. The van der Waals surface area contributed by atoms with Crippen molar-refractivity contribution in [3.8, 4) is 16.9 Å². The summed E-state index contributed by atoms with van der Waals surface area (Å²) in [7, 11) is 0. The number of rotatable bonds is 18. The Morgan fingerprint density at radius 1 is 0.622 bits per heavy atom. The van der Waals surface area contributed by atoms with Gasteiger partial charge in [0.1, 0.15) is 5.75 Å². The van der Waals surface area contributed by atoms with Crippen LogP contribution >= 0.6 is 0 Å². The zero-order chi connectivity index (χ0) is 32.6. The number of unbranched alkanes of at least 4 members (excludes halogenated alkanes) is 6. The second-order valence-corrected chi connectivity index (χ2v) is 11.6. The molecule has 3 aromatic rings. The summed E-state index contributed by atoms with van der Waals surface area (Å²) in [6.07, 6.45) is 8.68. The summed E-state index contributed by atoms with van der Waals surface area (Å²) in [6.45, 7) is 7.92. The fourth-order valence-electron chi connectivity index (χ4n) is 4.60.